The van der Waals surface area contributed by atoms with Gasteiger partial charge in [-0.25, -0.2) is 4.98 Å². The van der Waals surface area contributed by atoms with Gasteiger partial charge in [-0.05, 0) is 26.2 Å². The number of aryl methyl sites for hydroxylation is 1. The Morgan fingerprint density at radius 1 is 1.62 bits per heavy atom. The Bertz CT molecular complexity index is 417. The van der Waals surface area contributed by atoms with Gasteiger partial charge in [0.2, 0.25) is 0 Å². The number of aromatic nitrogens is 2. The predicted octanol–water partition coefficient (Wildman–Crippen LogP) is 0.556. The molecular weight excluding hydrogens is 204 g/mol. The van der Waals surface area contributed by atoms with Gasteiger partial charge in [-0.1, -0.05) is 0 Å². The van der Waals surface area contributed by atoms with Crippen molar-refractivity contribution in [1.29, 1.82) is 0 Å². The Morgan fingerprint density at radius 3 is 2.88 bits per heavy atom. The van der Waals surface area contributed by atoms with Gasteiger partial charge < -0.3 is 15.6 Å². The number of hydrogen-bond acceptors (Lipinski definition) is 4. The van der Waals surface area contributed by atoms with Crippen LogP contribution in [0, 0.1) is 0 Å². The van der Waals surface area contributed by atoms with E-state index >= 15 is 0 Å². The van der Waals surface area contributed by atoms with Gasteiger partial charge >= 0.3 is 0 Å². The minimum Gasteiger partial charge on any atom is -0.359 e. The lowest BCUT2D eigenvalue weighted by molar-refractivity contribution is 0.286. The lowest BCUT2D eigenvalue weighted by Crippen LogP contribution is -2.52. The summed E-state index contributed by atoms with van der Waals surface area (Å²) >= 11 is 0. The molecule has 16 heavy (non-hydrogen) atoms. The lowest BCUT2D eigenvalue weighted by Gasteiger charge is -2.41. The molecule has 5 heteroatoms. The van der Waals surface area contributed by atoms with Crippen molar-refractivity contribution in [1.82, 2.24) is 9.55 Å². The predicted molar refractivity (Wildman–Crippen MR) is 63.4 cm³/mol. The summed E-state index contributed by atoms with van der Waals surface area (Å²) in [6, 6.07) is 0. The highest BCUT2D eigenvalue weighted by Crippen LogP contribution is 2.33. The topological polar surface area (TPSA) is 72.9 Å². The summed E-state index contributed by atoms with van der Waals surface area (Å²) < 4.78 is 1.64. The van der Waals surface area contributed by atoms with Crippen molar-refractivity contribution >= 4 is 5.82 Å². The van der Waals surface area contributed by atoms with Crippen LogP contribution in [-0.2, 0) is 6.54 Å². The molecule has 88 valence electrons. The molecule has 0 saturated heterocycles. The molecule has 5 nitrogen and oxygen atoms in total. The third kappa shape index (κ3) is 1.82. The largest absolute Gasteiger partial charge is 0.359 e. The average Bonchev–Trinajstić information content (AvgIpc) is 2.25. The highest BCUT2D eigenvalue weighted by Gasteiger charge is 2.36. The first kappa shape index (κ1) is 11.1. The van der Waals surface area contributed by atoms with Crippen LogP contribution in [0.25, 0.3) is 0 Å². The molecule has 1 fully saturated rings. The van der Waals surface area contributed by atoms with Gasteiger partial charge in [0.15, 0.2) is 5.82 Å². The molecular formula is C11H18N4O. The molecule has 1 aromatic heterocycles. The number of anilines is 1. The third-order valence-corrected chi connectivity index (χ3v) is 3.34. The zero-order valence-corrected chi connectivity index (χ0v) is 9.57. The van der Waals surface area contributed by atoms with Crippen LogP contribution in [0.15, 0.2) is 17.2 Å². The highest BCUT2D eigenvalue weighted by molar-refractivity contribution is 5.36. The number of nitrogens with zero attached hydrogens (tertiary/aromatic N) is 2. The van der Waals surface area contributed by atoms with E-state index in [4.69, 9.17) is 5.73 Å². The summed E-state index contributed by atoms with van der Waals surface area (Å²) in [5.74, 6) is 0.425. The van der Waals surface area contributed by atoms with Crippen molar-refractivity contribution in [3.63, 3.8) is 0 Å². The molecule has 1 aliphatic carbocycles. The second kappa shape index (κ2) is 4.25. The van der Waals surface area contributed by atoms with E-state index in [-0.39, 0.29) is 11.1 Å². The highest BCUT2D eigenvalue weighted by atomic mass is 16.1. The second-order valence-corrected chi connectivity index (χ2v) is 4.33. The number of hydrogen-bond donors (Lipinski definition) is 2. The lowest BCUT2D eigenvalue weighted by atomic mass is 9.77. The quantitative estimate of drug-likeness (QED) is 0.780. The fourth-order valence-corrected chi connectivity index (χ4v) is 2.02. The van der Waals surface area contributed by atoms with Crippen LogP contribution in [-0.4, -0.2) is 21.6 Å². The SMILES string of the molecule is CCn1ccnc(NC2(CN)CCC2)c1=O. The first-order valence-corrected chi connectivity index (χ1v) is 5.74. The normalized spacial score (nSPS) is 17.9. The number of nitrogens with two attached hydrogens (primary N) is 1. The van der Waals surface area contributed by atoms with E-state index in [9.17, 15) is 4.79 Å². The van der Waals surface area contributed by atoms with E-state index in [0.29, 0.717) is 18.9 Å². The molecule has 0 aromatic carbocycles. The van der Waals surface area contributed by atoms with Crippen molar-refractivity contribution in [3.05, 3.63) is 22.7 Å². The molecule has 0 aliphatic heterocycles. The van der Waals surface area contributed by atoms with Crippen molar-refractivity contribution in [2.45, 2.75) is 38.3 Å². The van der Waals surface area contributed by atoms with E-state index in [1.165, 1.54) is 6.42 Å². The monoisotopic (exact) mass is 222 g/mol. The van der Waals surface area contributed by atoms with Crippen molar-refractivity contribution in [2.75, 3.05) is 11.9 Å². The molecule has 0 spiro atoms. The fourth-order valence-electron chi connectivity index (χ4n) is 2.02. The molecule has 1 saturated carbocycles. The van der Waals surface area contributed by atoms with Gasteiger partial charge in [-0.3, -0.25) is 4.79 Å². The van der Waals surface area contributed by atoms with Crippen LogP contribution in [0.5, 0.6) is 0 Å². The summed E-state index contributed by atoms with van der Waals surface area (Å²) in [4.78, 5) is 16.0. The van der Waals surface area contributed by atoms with Crippen LogP contribution >= 0.6 is 0 Å². The molecule has 3 N–H and O–H groups in total. The summed E-state index contributed by atoms with van der Waals surface area (Å²) in [6.07, 6.45) is 6.55. The van der Waals surface area contributed by atoms with Crippen LogP contribution in [0.4, 0.5) is 5.82 Å². The smallest absolute Gasteiger partial charge is 0.293 e. The van der Waals surface area contributed by atoms with Gasteiger partial charge in [-0.2, -0.15) is 0 Å². The molecule has 0 atom stereocenters. The Morgan fingerprint density at radius 2 is 2.38 bits per heavy atom. The van der Waals surface area contributed by atoms with Gasteiger partial charge in [0, 0.05) is 25.5 Å². The molecule has 2 rings (SSSR count). The Kier molecular flexibility index (Phi) is 2.96. The fraction of sp³-hybridized carbons (Fsp3) is 0.636. The maximum atomic E-state index is 11.9. The van der Waals surface area contributed by atoms with E-state index in [2.05, 4.69) is 10.3 Å². The van der Waals surface area contributed by atoms with Crippen molar-refractivity contribution in [3.8, 4) is 0 Å². The maximum absolute atomic E-state index is 11.9. The van der Waals surface area contributed by atoms with Gasteiger partial charge in [0.05, 0.1) is 5.54 Å². The van der Waals surface area contributed by atoms with Crippen molar-refractivity contribution < 1.29 is 0 Å². The molecule has 0 amide bonds. The number of nitrogens with one attached hydrogen (secondary N) is 1. The Hall–Kier alpha value is -1.36. The summed E-state index contributed by atoms with van der Waals surface area (Å²) in [5, 5.41) is 3.22. The van der Waals surface area contributed by atoms with Crippen LogP contribution in [0.3, 0.4) is 0 Å². The molecule has 0 bridgehead atoms. The van der Waals surface area contributed by atoms with Gasteiger partial charge in [0.25, 0.3) is 5.56 Å². The number of rotatable bonds is 4. The second-order valence-electron chi connectivity index (χ2n) is 4.33. The van der Waals surface area contributed by atoms with E-state index in [0.717, 1.165) is 12.8 Å². The molecule has 1 heterocycles. The zero-order chi connectivity index (χ0) is 11.6. The third-order valence-electron chi connectivity index (χ3n) is 3.34. The molecule has 0 unspecified atom stereocenters. The van der Waals surface area contributed by atoms with Crippen molar-refractivity contribution in [2.24, 2.45) is 5.73 Å². The summed E-state index contributed by atoms with van der Waals surface area (Å²) in [6.45, 7) is 3.15. The minimum atomic E-state index is -0.0981. The average molecular weight is 222 g/mol. The Balaban J connectivity index is 2.24. The first-order valence-electron chi connectivity index (χ1n) is 5.74. The first-order chi connectivity index (χ1) is 7.71. The zero-order valence-electron chi connectivity index (χ0n) is 9.57. The van der Waals surface area contributed by atoms with Crippen LogP contribution in [0.2, 0.25) is 0 Å². The standard InChI is InChI=1S/C11H18N4O/c1-2-15-7-6-13-9(10(15)16)14-11(8-12)4-3-5-11/h6-7H,2-5,8,12H2,1H3,(H,13,14). The summed E-state index contributed by atoms with van der Waals surface area (Å²) in [7, 11) is 0. The summed E-state index contributed by atoms with van der Waals surface area (Å²) in [5.41, 5.74) is 5.57. The van der Waals surface area contributed by atoms with Gasteiger partial charge in [-0.15, -0.1) is 0 Å². The van der Waals surface area contributed by atoms with E-state index in [1.54, 1.807) is 17.0 Å². The molecule has 0 radical (unpaired) electrons. The minimum absolute atomic E-state index is 0.0651. The maximum Gasteiger partial charge on any atom is 0.293 e. The molecule has 1 aromatic rings. The Labute approximate surface area is 94.7 Å². The van der Waals surface area contributed by atoms with E-state index < -0.39 is 0 Å². The van der Waals surface area contributed by atoms with Crippen LogP contribution in [0.1, 0.15) is 26.2 Å². The van der Waals surface area contributed by atoms with Crippen LogP contribution < -0.4 is 16.6 Å². The van der Waals surface area contributed by atoms with E-state index in [1.807, 2.05) is 6.92 Å². The van der Waals surface area contributed by atoms with Gasteiger partial charge in [0.1, 0.15) is 0 Å². The molecule has 1 aliphatic rings.